The van der Waals surface area contributed by atoms with Gasteiger partial charge in [-0.3, -0.25) is 4.90 Å². The molecule has 1 saturated heterocycles. The Kier molecular flexibility index (Phi) is 14.3. The van der Waals surface area contributed by atoms with Crippen LogP contribution in [0, 0.1) is 5.82 Å². The molecule has 1 aliphatic heterocycles. The number of likely N-dealkylation sites (tertiary alicyclic amines) is 1. The molecule has 0 radical (unpaired) electrons. The van der Waals surface area contributed by atoms with Crippen molar-refractivity contribution in [2.75, 3.05) is 40.3 Å². The quantitative estimate of drug-likeness (QED) is 0.762. The van der Waals surface area contributed by atoms with Crippen molar-refractivity contribution in [3.8, 4) is 0 Å². The van der Waals surface area contributed by atoms with Gasteiger partial charge in [0.1, 0.15) is 5.82 Å². The van der Waals surface area contributed by atoms with Gasteiger partial charge in [-0.15, -0.1) is 37.2 Å². The number of rotatable bonds is 6. The highest BCUT2D eigenvalue weighted by atomic mass is 35.5. The fourth-order valence-corrected chi connectivity index (χ4v) is 2.72. The zero-order valence-electron chi connectivity index (χ0n) is 14.2. The molecule has 142 valence electrons. The van der Waals surface area contributed by atoms with Crippen LogP contribution in [0.15, 0.2) is 24.3 Å². The summed E-state index contributed by atoms with van der Waals surface area (Å²) in [5.41, 5.74) is 0.698. The number of halogens is 4. The number of nitrogens with one attached hydrogen (secondary N) is 1. The lowest BCUT2D eigenvalue weighted by Crippen LogP contribution is -2.53. The lowest BCUT2D eigenvalue weighted by Gasteiger charge is -2.36. The van der Waals surface area contributed by atoms with E-state index >= 15 is 0 Å². The first-order valence-electron chi connectivity index (χ1n) is 7.58. The first-order chi connectivity index (χ1) is 10.1. The Morgan fingerprint density at radius 1 is 1.25 bits per heavy atom. The van der Waals surface area contributed by atoms with Crippen LogP contribution < -0.4 is 5.32 Å². The lowest BCUT2D eigenvalue weighted by atomic mass is 10.0. The van der Waals surface area contributed by atoms with Gasteiger partial charge in [0.2, 0.25) is 0 Å². The van der Waals surface area contributed by atoms with Gasteiger partial charge in [-0.2, -0.15) is 0 Å². The third-order valence-corrected chi connectivity index (χ3v) is 3.98. The summed E-state index contributed by atoms with van der Waals surface area (Å²) >= 11 is 0. The van der Waals surface area contributed by atoms with E-state index in [1.165, 1.54) is 6.07 Å². The highest BCUT2D eigenvalue weighted by molar-refractivity contribution is 5.86. The largest absolute Gasteiger partial charge is 0.390 e. The second-order valence-electron chi connectivity index (χ2n) is 6.05. The predicted octanol–water partition coefficient (Wildman–Crippen LogP) is 2.18. The molecule has 0 spiro atoms. The average Bonchev–Trinajstić information content (AvgIpc) is 2.43. The predicted molar refractivity (Wildman–Crippen MR) is 104 cm³/mol. The zero-order valence-corrected chi connectivity index (χ0v) is 16.6. The average molecular weight is 405 g/mol. The molecule has 0 aromatic heterocycles. The van der Waals surface area contributed by atoms with E-state index in [4.69, 9.17) is 0 Å². The Bertz CT molecular complexity index is 454. The van der Waals surface area contributed by atoms with Crippen LogP contribution in [0.4, 0.5) is 4.39 Å². The SMILES string of the molecule is CN(C)CCN[C@@H]1CCN(Cc2ccccc2F)C[C@H]1O.Cl.Cl.Cl. The van der Waals surface area contributed by atoms with Crippen LogP contribution in [0.2, 0.25) is 0 Å². The normalized spacial score (nSPS) is 20.7. The van der Waals surface area contributed by atoms with Gasteiger partial charge < -0.3 is 15.3 Å². The van der Waals surface area contributed by atoms with Gasteiger partial charge in [0.15, 0.2) is 0 Å². The minimum atomic E-state index is -0.396. The molecule has 1 aliphatic rings. The highest BCUT2D eigenvalue weighted by Gasteiger charge is 2.27. The molecule has 0 bridgehead atoms. The van der Waals surface area contributed by atoms with Crippen molar-refractivity contribution in [3.63, 3.8) is 0 Å². The summed E-state index contributed by atoms with van der Waals surface area (Å²) in [6, 6.07) is 6.99. The van der Waals surface area contributed by atoms with Crippen LogP contribution in [-0.2, 0) is 6.54 Å². The molecule has 0 unspecified atom stereocenters. The second kappa shape index (κ2) is 13.1. The van der Waals surface area contributed by atoms with E-state index in [9.17, 15) is 9.50 Å². The Hall–Kier alpha value is -0.140. The standard InChI is InChI=1S/C16H26FN3O.3ClH/c1-19(2)10-8-18-15-7-9-20(12-16(15)21)11-13-5-3-4-6-14(13)17;;;/h3-6,15-16,18,21H,7-12H2,1-2H3;3*1H/t15-,16-;;;/m1.../s1. The molecule has 4 nitrogen and oxygen atoms in total. The monoisotopic (exact) mass is 403 g/mol. The van der Waals surface area contributed by atoms with Crippen LogP contribution in [0.25, 0.3) is 0 Å². The maximum Gasteiger partial charge on any atom is 0.127 e. The van der Waals surface area contributed by atoms with Gasteiger partial charge in [0.25, 0.3) is 0 Å². The van der Waals surface area contributed by atoms with Crippen molar-refractivity contribution in [3.05, 3.63) is 35.6 Å². The molecule has 1 aromatic carbocycles. The molecule has 2 atom stereocenters. The Morgan fingerprint density at radius 2 is 1.92 bits per heavy atom. The molecule has 8 heteroatoms. The van der Waals surface area contributed by atoms with Gasteiger partial charge in [0.05, 0.1) is 6.10 Å². The molecular formula is C16H29Cl3FN3O. The highest BCUT2D eigenvalue weighted by Crippen LogP contribution is 2.16. The topological polar surface area (TPSA) is 38.7 Å². The van der Waals surface area contributed by atoms with Crippen molar-refractivity contribution in [1.29, 1.82) is 0 Å². The van der Waals surface area contributed by atoms with Crippen LogP contribution in [0.1, 0.15) is 12.0 Å². The minimum Gasteiger partial charge on any atom is -0.390 e. The third-order valence-electron chi connectivity index (χ3n) is 3.98. The van der Waals surface area contributed by atoms with Gasteiger partial charge in [-0.1, -0.05) is 18.2 Å². The number of piperidine rings is 1. The third kappa shape index (κ3) is 8.30. The summed E-state index contributed by atoms with van der Waals surface area (Å²) < 4.78 is 13.7. The number of aliphatic hydroxyl groups excluding tert-OH is 1. The number of hydrogen-bond donors (Lipinski definition) is 2. The Balaban J connectivity index is 0. The fourth-order valence-electron chi connectivity index (χ4n) is 2.72. The van der Waals surface area contributed by atoms with Crippen LogP contribution in [0.3, 0.4) is 0 Å². The van der Waals surface area contributed by atoms with E-state index in [2.05, 4.69) is 15.1 Å². The lowest BCUT2D eigenvalue weighted by molar-refractivity contribution is 0.0363. The molecule has 1 fully saturated rings. The van der Waals surface area contributed by atoms with E-state index in [1.807, 2.05) is 26.2 Å². The fraction of sp³-hybridized carbons (Fsp3) is 0.625. The van der Waals surface area contributed by atoms with Gasteiger partial charge in [-0.05, 0) is 26.6 Å². The van der Waals surface area contributed by atoms with Crippen molar-refractivity contribution in [2.24, 2.45) is 0 Å². The zero-order chi connectivity index (χ0) is 15.2. The van der Waals surface area contributed by atoms with Crippen molar-refractivity contribution in [2.45, 2.75) is 25.1 Å². The number of nitrogens with zero attached hydrogens (tertiary/aromatic N) is 2. The maximum absolute atomic E-state index is 13.7. The molecule has 24 heavy (non-hydrogen) atoms. The van der Waals surface area contributed by atoms with Crippen molar-refractivity contribution in [1.82, 2.24) is 15.1 Å². The first-order valence-corrected chi connectivity index (χ1v) is 7.58. The second-order valence-corrected chi connectivity index (χ2v) is 6.05. The molecular weight excluding hydrogens is 376 g/mol. The van der Waals surface area contributed by atoms with Crippen LogP contribution >= 0.6 is 37.2 Å². The van der Waals surface area contributed by atoms with E-state index in [0.29, 0.717) is 18.7 Å². The molecule has 0 amide bonds. The van der Waals surface area contributed by atoms with Gasteiger partial charge in [-0.25, -0.2) is 4.39 Å². The number of β-amino-alcohol motifs (C(OH)–C–C–N with tert-alkyl or cyclic N) is 1. The van der Waals surface area contributed by atoms with Crippen LogP contribution in [0.5, 0.6) is 0 Å². The number of hydrogen-bond acceptors (Lipinski definition) is 4. The molecule has 2 rings (SSSR count). The summed E-state index contributed by atoms with van der Waals surface area (Å²) in [7, 11) is 4.07. The minimum absolute atomic E-state index is 0. The summed E-state index contributed by atoms with van der Waals surface area (Å²) in [5, 5.41) is 13.6. The van der Waals surface area contributed by atoms with E-state index < -0.39 is 6.10 Å². The van der Waals surface area contributed by atoms with E-state index in [-0.39, 0.29) is 49.1 Å². The maximum atomic E-state index is 13.7. The summed E-state index contributed by atoms with van der Waals surface area (Å²) in [6.45, 7) is 3.87. The van der Waals surface area contributed by atoms with Crippen molar-refractivity contribution < 1.29 is 9.50 Å². The molecule has 0 saturated carbocycles. The molecule has 0 aliphatic carbocycles. The van der Waals surface area contributed by atoms with E-state index in [1.54, 1.807) is 6.07 Å². The Morgan fingerprint density at radius 3 is 2.50 bits per heavy atom. The van der Waals surface area contributed by atoms with Gasteiger partial charge >= 0.3 is 0 Å². The first kappa shape index (κ1) is 26.1. The number of benzene rings is 1. The number of aliphatic hydroxyl groups is 1. The summed E-state index contributed by atoms with van der Waals surface area (Å²) in [5.74, 6) is -0.168. The van der Waals surface area contributed by atoms with Crippen molar-refractivity contribution >= 4 is 37.2 Å². The summed E-state index contributed by atoms with van der Waals surface area (Å²) in [6.07, 6.45) is 0.496. The van der Waals surface area contributed by atoms with E-state index in [0.717, 1.165) is 26.1 Å². The van der Waals surface area contributed by atoms with Crippen LogP contribution in [-0.4, -0.2) is 67.3 Å². The smallest absolute Gasteiger partial charge is 0.127 e. The Labute approximate surface area is 163 Å². The van der Waals surface area contributed by atoms with Gasteiger partial charge in [0, 0.05) is 44.3 Å². The number of likely N-dealkylation sites (N-methyl/N-ethyl adjacent to an activating group) is 1. The molecule has 2 N–H and O–H groups in total. The molecule has 1 heterocycles. The summed E-state index contributed by atoms with van der Waals surface area (Å²) in [4.78, 5) is 4.24. The molecule has 1 aromatic rings.